The number of hydrogen-bond donors (Lipinski definition) is 1. The summed E-state index contributed by atoms with van der Waals surface area (Å²) in [6.45, 7) is 0. The fraction of sp³-hybridized carbons (Fsp3) is 0.0556. The molecule has 0 radical (unpaired) electrons. The standard InChI is InChI=1S/C18H14BrN3O/c19-17-9-8-13(15-6-1-2-7-16(15)17)11-18(23)22-21-12-14-5-3-4-10-20-14/h1-10,12H,11H2,(H,22,23)/b21-12-. The summed E-state index contributed by atoms with van der Waals surface area (Å²) >= 11 is 3.53. The third kappa shape index (κ3) is 3.81. The summed E-state index contributed by atoms with van der Waals surface area (Å²) < 4.78 is 1.02. The highest BCUT2D eigenvalue weighted by Crippen LogP contribution is 2.27. The van der Waals surface area contributed by atoms with Gasteiger partial charge in [0, 0.05) is 10.7 Å². The van der Waals surface area contributed by atoms with E-state index < -0.39 is 0 Å². The first-order valence-electron chi connectivity index (χ1n) is 7.13. The highest BCUT2D eigenvalue weighted by atomic mass is 79.9. The van der Waals surface area contributed by atoms with Gasteiger partial charge in [0.15, 0.2) is 0 Å². The van der Waals surface area contributed by atoms with Gasteiger partial charge in [-0.25, -0.2) is 5.43 Å². The molecule has 0 aliphatic rings. The minimum Gasteiger partial charge on any atom is -0.273 e. The number of fused-ring (bicyclic) bond motifs is 1. The number of carbonyl (C=O) groups is 1. The van der Waals surface area contributed by atoms with Crippen LogP contribution in [0.15, 0.2) is 70.4 Å². The Kier molecular flexibility index (Phi) is 4.78. The molecule has 1 amide bonds. The zero-order valence-corrected chi connectivity index (χ0v) is 13.8. The second-order valence-electron chi connectivity index (χ2n) is 4.98. The van der Waals surface area contributed by atoms with Gasteiger partial charge in [-0.1, -0.05) is 52.3 Å². The Morgan fingerprint density at radius 3 is 2.65 bits per heavy atom. The lowest BCUT2D eigenvalue weighted by Crippen LogP contribution is -2.20. The zero-order chi connectivity index (χ0) is 16.1. The molecule has 2 aromatic carbocycles. The largest absolute Gasteiger partial charge is 0.273 e. The first kappa shape index (κ1) is 15.4. The van der Waals surface area contributed by atoms with Crippen molar-refractivity contribution >= 4 is 38.8 Å². The third-order valence-corrected chi connectivity index (χ3v) is 4.08. The molecular formula is C18H14BrN3O. The Morgan fingerprint density at radius 2 is 1.87 bits per heavy atom. The zero-order valence-electron chi connectivity index (χ0n) is 12.2. The van der Waals surface area contributed by atoms with Crippen LogP contribution >= 0.6 is 15.9 Å². The molecule has 5 heteroatoms. The number of aromatic nitrogens is 1. The van der Waals surface area contributed by atoms with Crippen LogP contribution in [0.3, 0.4) is 0 Å². The Balaban J connectivity index is 1.71. The van der Waals surface area contributed by atoms with Crippen molar-refractivity contribution in [1.82, 2.24) is 10.4 Å². The van der Waals surface area contributed by atoms with Crippen molar-refractivity contribution in [3.8, 4) is 0 Å². The van der Waals surface area contributed by atoms with Gasteiger partial charge in [-0.15, -0.1) is 0 Å². The van der Waals surface area contributed by atoms with Crippen LogP contribution in [0.5, 0.6) is 0 Å². The Hall–Kier alpha value is -2.53. The Bertz CT molecular complexity index is 863. The molecule has 1 aromatic heterocycles. The minimum absolute atomic E-state index is 0.162. The quantitative estimate of drug-likeness (QED) is 0.564. The predicted octanol–water partition coefficient (Wildman–Crippen LogP) is 3.69. The smallest absolute Gasteiger partial charge is 0.244 e. The van der Waals surface area contributed by atoms with Gasteiger partial charge in [0.25, 0.3) is 0 Å². The number of hydrogen-bond acceptors (Lipinski definition) is 3. The third-order valence-electron chi connectivity index (χ3n) is 3.39. The first-order chi connectivity index (χ1) is 11.2. The lowest BCUT2D eigenvalue weighted by molar-refractivity contribution is -0.120. The van der Waals surface area contributed by atoms with E-state index in [-0.39, 0.29) is 12.3 Å². The van der Waals surface area contributed by atoms with E-state index in [0.29, 0.717) is 5.69 Å². The van der Waals surface area contributed by atoms with Crippen molar-refractivity contribution in [2.24, 2.45) is 5.10 Å². The Morgan fingerprint density at radius 1 is 1.09 bits per heavy atom. The van der Waals surface area contributed by atoms with Crippen LogP contribution in [0.25, 0.3) is 10.8 Å². The molecule has 0 atom stereocenters. The highest BCUT2D eigenvalue weighted by Gasteiger charge is 2.08. The summed E-state index contributed by atoms with van der Waals surface area (Å²) in [5, 5.41) is 6.09. The average molecular weight is 368 g/mol. The van der Waals surface area contributed by atoms with Crippen molar-refractivity contribution in [2.45, 2.75) is 6.42 Å². The molecule has 3 rings (SSSR count). The molecule has 4 nitrogen and oxygen atoms in total. The lowest BCUT2D eigenvalue weighted by Gasteiger charge is -2.07. The molecule has 0 saturated heterocycles. The second-order valence-corrected chi connectivity index (χ2v) is 5.83. The maximum Gasteiger partial charge on any atom is 0.244 e. The Labute approximate surface area is 142 Å². The minimum atomic E-state index is -0.162. The number of hydrazone groups is 1. The van der Waals surface area contributed by atoms with Gasteiger partial charge >= 0.3 is 0 Å². The molecule has 0 unspecified atom stereocenters. The average Bonchev–Trinajstić information content (AvgIpc) is 2.59. The van der Waals surface area contributed by atoms with Crippen LogP contribution in [0.4, 0.5) is 0 Å². The van der Waals surface area contributed by atoms with Gasteiger partial charge in [0.2, 0.25) is 5.91 Å². The number of carbonyl (C=O) groups excluding carboxylic acids is 1. The van der Waals surface area contributed by atoms with E-state index in [1.165, 1.54) is 6.21 Å². The molecule has 23 heavy (non-hydrogen) atoms. The van der Waals surface area contributed by atoms with Crippen molar-refractivity contribution in [1.29, 1.82) is 0 Å². The molecular weight excluding hydrogens is 354 g/mol. The number of amides is 1. The van der Waals surface area contributed by atoms with Gasteiger partial charge in [-0.2, -0.15) is 5.10 Å². The molecule has 0 aliphatic heterocycles. The number of halogens is 1. The van der Waals surface area contributed by atoms with E-state index in [1.807, 2.05) is 54.6 Å². The summed E-state index contributed by atoms with van der Waals surface area (Å²) in [5.41, 5.74) is 4.20. The molecule has 0 spiro atoms. The molecule has 0 fully saturated rings. The van der Waals surface area contributed by atoms with E-state index in [0.717, 1.165) is 20.8 Å². The van der Waals surface area contributed by atoms with Gasteiger partial charge in [-0.3, -0.25) is 9.78 Å². The number of nitrogens with zero attached hydrogens (tertiary/aromatic N) is 2. The van der Waals surface area contributed by atoms with Crippen molar-refractivity contribution < 1.29 is 4.79 Å². The van der Waals surface area contributed by atoms with Crippen LogP contribution in [-0.4, -0.2) is 17.1 Å². The van der Waals surface area contributed by atoms with Crippen molar-refractivity contribution in [3.05, 3.63) is 76.5 Å². The summed E-state index contributed by atoms with van der Waals surface area (Å²) in [6.07, 6.45) is 3.47. The van der Waals surface area contributed by atoms with Gasteiger partial charge in [-0.05, 0) is 34.5 Å². The van der Waals surface area contributed by atoms with E-state index in [9.17, 15) is 4.79 Å². The molecule has 114 valence electrons. The van der Waals surface area contributed by atoms with E-state index >= 15 is 0 Å². The SMILES string of the molecule is O=C(Cc1ccc(Br)c2ccccc12)N/N=C\c1ccccn1. The number of pyridine rings is 1. The van der Waals surface area contributed by atoms with Crippen LogP contribution in [0.2, 0.25) is 0 Å². The number of benzene rings is 2. The van der Waals surface area contributed by atoms with Crippen LogP contribution in [0.1, 0.15) is 11.3 Å². The molecule has 3 aromatic rings. The lowest BCUT2D eigenvalue weighted by atomic mass is 10.0. The molecule has 0 aliphatic carbocycles. The monoisotopic (exact) mass is 367 g/mol. The number of nitrogens with one attached hydrogen (secondary N) is 1. The topological polar surface area (TPSA) is 54.4 Å². The first-order valence-corrected chi connectivity index (χ1v) is 7.92. The normalized spacial score (nSPS) is 11.0. The fourth-order valence-corrected chi connectivity index (χ4v) is 2.79. The van der Waals surface area contributed by atoms with Crippen molar-refractivity contribution in [2.75, 3.05) is 0 Å². The van der Waals surface area contributed by atoms with E-state index in [2.05, 4.69) is 31.4 Å². The fourth-order valence-electron chi connectivity index (χ4n) is 2.31. The maximum atomic E-state index is 12.1. The van der Waals surface area contributed by atoms with Gasteiger partial charge < -0.3 is 0 Å². The van der Waals surface area contributed by atoms with Crippen LogP contribution in [0, 0.1) is 0 Å². The number of rotatable bonds is 4. The summed E-state index contributed by atoms with van der Waals surface area (Å²) in [7, 11) is 0. The summed E-state index contributed by atoms with van der Waals surface area (Å²) in [4.78, 5) is 16.2. The second kappa shape index (κ2) is 7.15. The van der Waals surface area contributed by atoms with Gasteiger partial charge in [0.1, 0.15) is 0 Å². The van der Waals surface area contributed by atoms with E-state index in [4.69, 9.17) is 0 Å². The van der Waals surface area contributed by atoms with Crippen LogP contribution < -0.4 is 5.43 Å². The van der Waals surface area contributed by atoms with E-state index in [1.54, 1.807) is 6.20 Å². The molecule has 0 bridgehead atoms. The van der Waals surface area contributed by atoms with Gasteiger partial charge in [0.05, 0.1) is 18.3 Å². The summed E-state index contributed by atoms with van der Waals surface area (Å²) in [5.74, 6) is -0.162. The molecule has 1 heterocycles. The maximum absolute atomic E-state index is 12.1. The predicted molar refractivity (Wildman–Crippen MR) is 95.3 cm³/mol. The molecule has 0 saturated carbocycles. The van der Waals surface area contributed by atoms with Crippen molar-refractivity contribution in [3.63, 3.8) is 0 Å². The van der Waals surface area contributed by atoms with Crippen LogP contribution in [-0.2, 0) is 11.2 Å². The summed E-state index contributed by atoms with van der Waals surface area (Å²) in [6, 6.07) is 17.4. The highest BCUT2D eigenvalue weighted by molar-refractivity contribution is 9.10. The molecule has 1 N–H and O–H groups in total.